The summed E-state index contributed by atoms with van der Waals surface area (Å²) in [6.45, 7) is 10.7. The summed E-state index contributed by atoms with van der Waals surface area (Å²) in [5.74, 6) is 1.42. The summed E-state index contributed by atoms with van der Waals surface area (Å²) in [4.78, 5) is 13.1. The number of aryl methyl sites for hydroxylation is 1. The average molecular weight is 699 g/mol. The van der Waals surface area contributed by atoms with Crippen LogP contribution in [0.2, 0.25) is 0 Å². The number of methoxy groups -OCH3 is 1. The average Bonchev–Trinajstić information content (AvgIpc) is 3.42. The minimum Gasteiger partial charge on any atom is -0.492 e. The molecule has 0 spiro atoms. The largest absolute Gasteiger partial charge is 0.492 e. The second kappa shape index (κ2) is 15.5. The van der Waals surface area contributed by atoms with Crippen molar-refractivity contribution in [3.05, 3.63) is 78.0 Å². The van der Waals surface area contributed by atoms with Gasteiger partial charge >= 0.3 is 6.03 Å². The number of halogens is 1. The van der Waals surface area contributed by atoms with E-state index >= 15 is 0 Å². The Bertz CT molecular complexity index is 1470. The van der Waals surface area contributed by atoms with E-state index in [2.05, 4.69) is 54.0 Å². The zero-order chi connectivity index (χ0) is 30.8. The van der Waals surface area contributed by atoms with Gasteiger partial charge in [0.05, 0.1) is 36.4 Å². The molecule has 4 aromatic rings. The quantitative estimate of drug-likeness (QED) is 0.143. The molecule has 0 saturated carbocycles. The molecular weight excluding hydrogens is 655 g/mol. The number of hydrogen-bond donors (Lipinski definition) is 2. The van der Waals surface area contributed by atoms with Gasteiger partial charge in [-0.25, -0.2) is 9.48 Å². The zero-order valence-corrected chi connectivity index (χ0v) is 27.9. The Kier molecular flexibility index (Phi) is 11.8. The fourth-order valence-electron chi connectivity index (χ4n) is 4.77. The van der Waals surface area contributed by atoms with Crippen LogP contribution in [-0.2, 0) is 14.9 Å². The molecule has 1 unspecified atom stereocenters. The van der Waals surface area contributed by atoms with E-state index in [-0.39, 0.29) is 11.4 Å². The maximum absolute atomic E-state index is 13.1. The van der Waals surface area contributed by atoms with Crippen LogP contribution in [0.3, 0.4) is 0 Å². The number of carbonyl (C=O) groups excluding carboxylic acids is 1. The van der Waals surface area contributed by atoms with Crippen molar-refractivity contribution in [2.75, 3.05) is 42.0 Å². The van der Waals surface area contributed by atoms with Crippen molar-refractivity contribution in [2.24, 2.45) is 0 Å². The smallest absolute Gasteiger partial charge is 0.324 e. The maximum Gasteiger partial charge on any atom is 0.324 e. The van der Waals surface area contributed by atoms with E-state index in [0.717, 1.165) is 51.1 Å². The minimum atomic E-state index is -0.334. The molecular formula is C34H43IN4O4. The fraction of sp³-hybridized carbons (Fsp3) is 0.412. The van der Waals surface area contributed by atoms with Crippen molar-refractivity contribution in [3.63, 3.8) is 0 Å². The van der Waals surface area contributed by atoms with Crippen molar-refractivity contribution in [1.82, 2.24) is 9.78 Å². The highest BCUT2D eigenvalue weighted by Gasteiger charge is 2.22. The summed E-state index contributed by atoms with van der Waals surface area (Å²) >= 11 is 2.29. The first-order chi connectivity index (χ1) is 20.7. The Hall–Kier alpha value is -3.15. The second-order valence-electron chi connectivity index (χ2n) is 11.6. The lowest BCUT2D eigenvalue weighted by Gasteiger charge is -2.21. The van der Waals surface area contributed by atoms with Crippen molar-refractivity contribution >= 4 is 50.9 Å². The monoisotopic (exact) mass is 698 g/mol. The van der Waals surface area contributed by atoms with Crippen LogP contribution in [-0.4, -0.2) is 53.3 Å². The summed E-state index contributed by atoms with van der Waals surface area (Å²) in [5.41, 5.74) is 3.50. The Labute approximate surface area is 268 Å². The number of carbonyl (C=O) groups is 1. The molecule has 43 heavy (non-hydrogen) atoms. The third-order valence-corrected chi connectivity index (χ3v) is 7.53. The molecule has 1 saturated heterocycles. The number of aromatic nitrogens is 2. The molecule has 0 aliphatic carbocycles. The molecule has 1 aliphatic heterocycles. The number of amides is 2. The first-order valence-corrected chi connectivity index (χ1v) is 16.3. The van der Waals surface area contributed by atoms with E-state index in [4.69, 9.17) is 19.3 Å². The van der Waals surface area contributed by atoms with Crippen LogP contribution in [0.25, 0.3) is 16.5 Å². The van der Waals surface area contributed by atoms with Gasteiger partial charge in [-0.15, -0.1) is 0 Å². The number of nitrogens with zero attached hydrogens (tertiary/aromatic N) is 2. The predicted octanol–water partition coefficient (Wildman–Crippen LogP) is 8.29. The van der Waals surface area contributed by atoms with Crippen LogP contribution in [0.5, 0.6) is 5.75 Å². The maximum atomic E-state index is 13.1. The molecule has 230 valence electrons. The number of nitrogens with one attached hydrogen (secondary N) is 2. The number of urea groups is 1. The molecule has 1 atom stereocenters. The summed E-state index contributed by atoms with van der Waals surface area (Å²) in [5, 5.41) is 12.7. The van der Waals surface area contributed by atoms with Crippen molar-refractivity contribution < 1.29 is 19.0 Å². The van der Waals surface area contributed by atoms with Gasteiger partial charge in [-0.3, -0.25) is 5.32 Å². The topological polar surface area (TPSA) is 86.6 Å². The third-order valence-electron chi connectivity index (χ3n) is 7.09. The van der Waals surface area contributed by atoms with Crippen molar-refractivity contribution in [2.45, 2.75) is 58.5 Å². The number of anilines is 2. The van der Waals surface area contributed by atoms with Crippen molar-refractivity contribution in [3.8, 4) is 11.4 Å². The Morgan fingerprint density at radius 3 is 2.44 bits per heavy atom. The summed E-state index contributed by atoms with van der Waals surface area (Å²) in [6.07, 6.45) is 4.07. The van der Waals surface area contributed by atoms with Gasteiger partial charge in [0.2, 0.25) is 0 Å². The van der Waals surface area contributed by atoms with E-state index in [9.17, 15) is 4.79 Å². The highest BCUT2D eigenvalue weighted by molar-refractivity contribution is 14.1. The van der Waals surface area contributed by atoms with Crippen LogP contribution < -0.4 is 15.4 Å². The zero-order valence-electron chi connectivity index (χ0n) is 25.8. The lowest BCUT2D eigenvalue weighted by Crippen LogP contribution is -2.23. The molecule has 2 amide bonds. The normalized spacial score (nSPS) is 15.0. The molecule has 9 heteroatoms. The van der Waals surface area contributed by atoms with E-state index in [0.29, 0.717) is 24.2 Å². The summed E-state index contributed by atoms with van der Waals surface area (Å²) < 4.78 is 18.9. The van der Waals surface area contributed by atoms with Crippen LogP contribution >= 0.6 is 22.6 Å². The number of benzene rings is 3. The van der Waals surface area contributed by atoms with Gasteiger partial charge in [0.1, 0.15) is 11.6 Å². The molecule has 5 rings (SSSR count). The lowest BCUT2D eigenvalue weighted by atomic mass is 9.92. The predicted molar refractivity (Wildman–Crippen MR) is 183 cm³/mol. The van der Waals surface area contributed by atoms with Gasteiger partial charge in [-0.2, -0.15) is 5.10 Å². The molecule has 2 N–H and O–H groups in total. The fourth-order valence-corrected chi connectivity index (χ4v) is 4.99. The second-order valence-corrected chi connectivity index (χ2v) is 12.7. The van der Waals surface area contributed by atoms with E-state index < -0.39 is 0 Å². The molecule has 2 heterocycles. The number of alkyl halides is 1. The molecule has 1 aromatic heterocycles. The standard InChI is InChI=1S/C27H29IN4O2.C7H14O2/c1-18-9-11-19(12-10-18)32-25(17-24(31-32)27(2,3)4)30-26(33)29-22-13-14-23(34-16-15-28)21-8-6-5-7-20(21)22;1-8-6-7-4-2-3-5-9-7/h5-14,17H,15-16H2,1-4H3,(H2,29,30,33);7H,2-6H2,1H3. The molecule has 0 bridgehead atoms. The first-order valence-electron chi connectivity index (χ1n) is 14.8. The SMILES string of the molecule is COCC1CCCCO1.Cc1ccc(-n2nc(C(C)(C)C)cc2NC(=O)Nc2ccc(OCCI)c3ccccc23)cc1. The summed E-state index contributed by atoms with van der Waals surface area (Å²) in [7, 11) is 1.72. The molecule has 1 fully saturated rings. The van der Waals surface area contributed by atoms with Crippen LogP contribution in [0, 0.1) is 6.92 Å². The summed E-state index contributed by atoms with van der Waals surface area (Å²) in [6, 6.07) is 21.3. The Morgan fingerprint density at radius 1 is 1.05 bits per heavy atom. The number of fused-ring (bicyclic) bond motifs is 1. The van der Waals surface area contributed by atoms with Crippen LogP contribution in [0.15, 0.2) is 66.7 Å². The van der Waals surface area contributed by atoms with E-state index in [1.807, 2.05) is 73.7 Å². The Morgan fingerprint density at radius 2 is 1.79 bits per heavy atom. The van der Waals surface area contributed by atoms with Gasteiger partial charge < -0.3 is 19.5 Å². The molecule has 8 nitrogen and oxygen atoms in total. The van der Waals surface area contributed by atoms with Gasteiger partial charge in [0.15, 0.2) is 0 Å². The number of hydrogen-bond acceptors (Lipinski definition) is 5. The van der Waals surface area contributed by atoms with Crippen molar-refractivity contribution in [1.29, 1.82) is 0 Å². The number of ether oxygens (including phenoxy) is 3. The lowest BCUT2D eigenvalue weighted by molar-refractivity contribution is -0.0289. The third kappa shape index (κ3) is 9.17. The van der Waals surface area contributed by atoms with E-state index in [1.165, 1.54) is 19.3 Å². The Balaban J connectivity index is 0.000000403. The van der Waals surface area contributed by atoms with E-state index in [1.54, 1.807) is 11.8 Å². The first kappa shape index (κ1) is 32.8. The van der Waals surface area contributed by atoms with Gasteiger partial charge in [0, 0.05) is 40.4 Å². The molecule has 1 aliphatic rings. The van der Waals surface area contributed by atoms with Gasteiger partial charge in [-0.1, -0.05) is 85.3 Å². The highest BCUT2D eigenvalue weighted by Crippen LogP contribution is 2.32. The van der Waals surface area contributed by atoms with Crippen LogP contribution in [0.1, 0.15) is 51.3 Å². The van der Waals surface area contributed by atoms with Crippen LogP contribution in [0.4, 0.5) is 16.3 Å². The molecule has 3 aromatic carbocycles. The number of rotatable bonds is 8. The minimum absolute atomic E-state index is 0.160. The van der Waals surface area contributed by atoms with Gasteiger partial charge in [0.25, 0.3) is 0 Å². The highest BCUT2D eigenvalue weighted by atomic mass is 127. The van der Waals surface area contributed by atoms with Gasteiger partial charge in [-0.05, 0) is 50.5 Å². The molecule has 0 radical (unpaired) electrons.